The Kier molecular flexibility index (Phi) is 12.1. The highest BCUT2D eigenvalue weighted by Gasteiger charge is 2.50. The minimum absolute atomic E-state index is 0.254. The zero-order chi connectivity index (χ0) is 33.0. The highest BCUT2D eigenvalue weighted by molar-refractivity contribution is 7.99. The molecule has 0 N–H and O–H groups in total. The molecule has 0 saturated carbocycles. The van der Waals surface area contributed by atoms with Crippen LogP contribution >= 0.6 is 11.8 Å². The Morgan fingerprint density at radius 2 is 1.10 bits per heavy atom. The lowest BCUT2D eigenvalue weighted by Crippen LogP contribution is -2.60. The molecule has 0 aliphatic carbocycles. The Hall–Kier alpha value is -4.24. The quantitative estimate of drug-likeness (QED) is 0.111. The fourth-order valence-electron chi connectivity index (χ4n) is 5.54. The Labute approximate surface area is 287 Å². The van der Waals surface area contributed by atoms with Gasteiger partial charge in [-0.05, 0) is 47.9 Å². The van der Waals surface area contributed by atoms with E-state index in [1.165, 1.54) is 11.8 Å². The first-order valence-corrected chi connectivity index (χ1v) is 17.1. The lowest BCUT2D eigenvalue weighted by Gasteiger charge is -2.45. The molecule has 1 saturated heterocycles. The van der Waals surface area contributed by atoms with E-state index in [9.17, 15) is 4.79 Å². The third kappa shape index (κ3) is 9.43. The summed E-state index contributed by atoms with van der Waals surface area (Å²) >= 11 is 1.50. The van der Waals surface area contributed by atoms with E-state index in [2.05, 4.69) is 31.2 Å². The zero-order valence-corrected chi connectivity index (χ0v) is 27.7. The summed E-state index contributed by atoms with van der Waals surface area (Å²) in [5.74, 6) is -0.451. The average molecular weight is 661 g/mol. The van der Waals surface area contributed by atoms with Crippen LogP contribution in [0.25, 0.3) is 0 Å². The van der Waals surface area contributed by atoms with Crippen LogP contribution in [0.3, 0.4) is 0 Å². The predicted molar refractivity (Wildman–Crippen MR) is 187 cm³/mol. The van der Waals surface area contributed by atoms with Crippen molar-refractivity contribution in [2.24, 2.45) is 0 Å². The van der Waals surface area contributed by atoms with Crippen molar-refractivity contribution >= 4 is 17.7 Å². The summed E-state index contributed by atoms with van der Waals surface area (Å²) in [7, 11) is 0. The van der Waals surface area contributed by atoms with Crippen molar-refractivity contribution in [3.63, 3.8) is 0 Å². The molecule has 48 heavy (non-hydrogen) atoms. The molecular weight excluding hydrogens is 621 g/mol. The second-order valence-electron chi connectivity index (χ2n) is 11.7. The van der Waals surface area contributed by atoms with Crippen LogP contribution in [0.5, 0.6) is 0 Å². The fraction of sp³-hybridized carbons (Fsp3) is 0.244. The van der Waals surface area contributed by atoms with Gasteiger partial charge in [0.15, 0.2) is 6.10 Å². The zero-order valence-electron chi connectivity index (χ0n) is 26.9. The molecule has 6 nitrogen and oxygen atoms in total. The normalized spacial score (nSPS) is 20.6. The van der Waals surface area contributed by atoms with E-state index in [0.29, 0.717) is 25.4 Å². The maximum Gasteiger partial charge on any atom is 0.338 e. The molecule has 7 heteroatoms. The number of carbonyl (C=O) groups is 1. The number of carbonyl (C=O) groups excluding carboxylic acids is 1. The van der Waals surface area contributed by atoms with Crippen LogP contribution in [0.1, 0.15) is 32.6 Å². The van der Waals surface area contributed by atoms with Gasteiger partial charge >= 0.3 is 5.97 Å². The van der Waals surface area contributed by atoms with Crippen molar-refractivity contribution in [2.75, 3.05) is 6.61 Å². The monoisotopic (exact) mass is 660 g/mol. The van der Waals surface area contributed by atoms with Crippen LogP contribution in [-0.2, 0) is 43.5 Å². The first-order chi connectivity index (χ1) is 23.6. The molecule has 246 valence electrons. The SMILES string of the molecule is Cc1ccc(S[C@H]2O[C@H](COCc3ccccc3)[C@@H](OCc3ccccc3)[C@H](OCc3ccccc3)[C@@H]2OC(=O)c2ccccc2)cc1. The highest BCUT2D eigenvalue weighted by Crippen LogP contribution is 2.38. The van der Waals surface area contributed by atoms with Crippen LogP contribution < -0.4 is 0 Å². The standard InChI is InChI=1S/C41H40O6S/c1-30-22-24-35(25-23-30)48-41-39(47-40(42)34-20-12-5-13-21-34)38(45-28-33-18-10-4-11-19-33)37(44-27-32-16-8-3-9-17-32)36(46-41)29-43-26-31-14-6-2-7-15-31/h2-25,36-39,41H,26-29H2,1H3/t36-,37-,38+,39+,41-/m1/s1. The lowest BCUT2D eigenvalue weighted by atomic mass is 9.98. The smallest absolute Gasteiger partial charge is 0.338 e. The molecule has 1 fully saturated rings. The van der Waals surface area contributed by atoms with Crippen molar-refractivity contribution in [2.45, 2.75) is 61.5 Å². The molecule has 1 aliphatic heterocycles. The van der Waals surface area contributed by atoms with Gasteiger partial charge in [-0.15, -0.1) is 0 Å². The molecular formula is C41H40O6S. The maximum atomic E-state index is 13.7. The summed E-state index contributed by atoms with van der Waals surface area (Å²) in [5.41, 5.74) is 4.07. The van der Waals surface area contributed by atoms with E-state index >= 15 is 0 Å². The van der Waals surface area contributed by atoms with E-state index in [0.717, 1.165) is 27.1 Å². The summed E-state index contributed by atoms with van der Waals surface area (Å²) in [6, 6.07) is 47.2. The summed E-state index contributed by atoms with van der Waals surface area (Å²) in [6.07, 6.45) is -2.62. The number of benzene rings is 5. The molecule has 5 aromatic rings. The molecule has 0 amide bonds. The predicted octanol–water partition coefficient (Wildman–Crippen LogP) is 8.43. The van der Waals surface area contributed by atoms with E-state index in [1.807, 2.05) is 109 Å². The fourth-order valence-corrected chi connectivity index (χ4v) is 6.65. The minimum Gasteiger partial charge on any atom is -0.452 e. The summed E-state index contributed by atoms with van der Waals surface area (Å²) in [6.45, 7) is 3.35. The molecule has 0 aromatic heterocycles. The average Bonchev–Trinajstić information content (AvgIpc) is 3.14. The van der Waals surface area contributed by atoms with Crippen LogP contribution in [0.2, 0.25) is 0 Å². The van der Waals surface area contributed by atoms with Gasteiger partial charge in [0, 0.05) is 4.90 Å². The molecule has 0 spiro atoms. The number of aryl methyl sites for hydroxylation is 1. The number of hydrogen-bond donors (Lipinski definition) is 0. The third-order valence-electron chi connectivity index (χ3n) is 8.08. The van der Waals surface area contributed by atoms with Gasteiger partial charge < -0.3 is 23.7 Å². The van der Waals surface area contributed by atoms with Crippen molar-refractivity contribution in [3.8, 4) is 0 Å². The lowest BCUT2D eigenvalue weighted by molar-refractivity contribution is -0.242. The molecule has 5 aromatic carbocycles. The van der Waals surface area contributed by atoms with Crippen molar-refractivity contribution in [1.82, 2.24) is 0 Å². The molecule has 5 atom stereocenters. The van der Waals surface area contributed by atoms with Crippen molar-refractivity contribution in [1.29, 1.82) is 0 Å². The second kappa shape index (κ2) is 17.2. The van der Waals surface area contributed by atoms with Gasteiger partial charge in [-0.2, -0.15) is 0 Å². The summed E-state index contributed by atoms with van der Waals surface area (Å²) < 4.78 is 32.9. The Bertz CT molecular complexity index is 1670. The first-order valence-electron chi connectivity index (χ1n) is 16.2. The second-order valence-corrected chi connectivity index (χ2v) is 12.9. The van der Waals surface area contributed by atoms with Crippen LogP contribution in [0.4, 0.5) is 0 Å². The van der Waals surface area contributed by atoms with Crippen molar-refractivity contribution in [3.05, 3.63) is 173 Å². The number of esters is 1. The largest absolute Gasteiger partial charge is 0.452 e. The van der Waals surface area contributed by atoms with Gasteiger partial charge in [-0.1, -0.05) is 139 Å². The van der Waals surface area contributed by atoms with Gasteiger partial charge in [-0.25, -0.2) is 4.79 Å². The summed E-state index contributed by atoms with van der Waals surface area (Å²) in [5, 5.41) is 0. The number of ether oxygens (including phenoxy) is 5. The molecule has 1 aliphatic rings. The van der Waals surface area contributed by atoms with Gasteiger partial charge in [0.25, 0.3) is 0 Å². The Morgan fingerprint density at radius 1 is 0.604 bits per heavy atom. The van der Waals surface area contributed by atoms with Crippen LogP contribution in [-0.4, -0.2) is 42.4 Å². The van der Waals surface area contributed by atoms with E-state index < -0.39 is 35.8 Å². The molecule has 6 rings (SSSR count). The third-order valence-corrected chi connectivity index (χ3v) is 9.24. The van der Waals surface area contributed by atoms with E-state index in [1.54, 1.807) is 12.1 Å². The minimum atomic E-state index is -0.807. The topological polar surface area (TPSA) is 63.2 Å². The van der Waals surface area contributed by atoms with Crippen LogP contribution in [0.15, 0.2) is 150 Å². The number of thioether (sulfide) groups is 1. The van der Waals surface area contributed by atoms with Gasteiger partial charge in [0.05, 0.1) is 32.0 Å². The number of hydrogen-bond acceptors (Lipinski definition) is 7. The van der Waals surface area contributed by atoms with Gasteiger partial charge in [0.1, 0.15) is 23.7 Å². The van der Waals surface area contributed by atoms with E-state index in [4.69, 9.17) is 23.7 Å². The van der Waals surface area contributed by atoms with Gasteiger partial charge in [0.2, 0.25) is 0 Å². The first kappa shape index (κ1) is 33.7. The Balaban J connectivity index is 1.34. The molecule has 1 heterocycles. The van der Waals surface area contributed by atoms with Gasteiger partial charge in [-0.3, -0.25) is 0 Å². The van der Waals surface area contributed by atoms with Crippen molar-refractivity contribution < 1.29 is 28.5 Å². The number of rotatable bonds is 14. The summed E-state index contributed by atoms with van der Waals surface area (Å²) in [4.78, 5) is 14.7. The maximum absolute atomic E-state index is 13.7. The molecule has 0 unspecified atom stereocenters. The van der Waals surface area contributed by atoms with Crippen LogP contribution in [0, 0.1) is 6.92 Å². The van der Waals surface area contributed by atoms with E-state index in [-0.39, 0.29) is 6.61 Å². The Morgan fingerprint density at radius 3 is 1.67 bits per heavy atom. The molecule has 0 radical (unpaired) electrons. The molecule has 0 bridgehead atoms. The highest BCUT2D eigenvalue weighted by atomic mass is 32.2.